The van der Waals surface area contributed by atoms with Crippen molar-refractivity contribution in [2.75, 3.05) is 12.3 Å². The van der Waals surface area contributed by atoms with Crippen molar-refractivity contribution in [3.63, 3.8) is 0 Å². The van der Waals surface area contributed by atoms with Crippen LogP contribution in [0.1, 0.15) is 25.3 Å². The highest BCUT2D eigenvalue weighted by Crippen LogP contribution is 2.29. The first-order valence-corrected chi connectivity index (χ1v) is 7.44. The van der Waals surface area contributed by atoms with Gasteiger partial charge >= 0.3 is 0 Å². The van der Waals surface area contributed by atoms with Crippen LogP contribution in [0, 0.1) is 12.8 Å². The number of aromatic nitrogens is 4. The Balaban J connectivity index is 1.89. The maximum absolute atomic E-state index is 6.17. The first-order valence-electron chi connectivity index (χ1n) is 7.44. The highest BCUT2D eigenvalue weighted by molar-refractivity contribution is 5.73. The molecule has 1 saturated heterocycles. The number of ether oxygens (including phenoxy) is 1. The van der Waals surface area contributed by atoms with E-state index in [0.29, 0.717) is 12.0 Å². The summed E-state index contributed by atoms with van der Waals surface area (Å²) in [5, 5.41) is 12.1. The van der Waals surface area contributed by atoms with Gasteiger partial charge in [-0.15, -0.1) is 5.10 Å². The van der Waals surface area contributed by atoms with Gasteiger partial charge in [0.2, 0.25) is 0 Å². The van der Waals surface area contributed by atoms with Crippen LogP contribution >= 0.6 is 0 Å². The second kappa shape index (κ2) is 5.81. The van der Waals surface area contributed by atoms with Gasteiger partial charge in [-0.2, -0.15) is 0 Å². The third-order valence-electron chi connectivity index (χ3n) is 4.25. The number of tetrazole rings is 1. The molecule has 3 rings (SSSR count). The average molecular weight is 287 g/mol. The summed E-state index contributed by atoms with van der Waals surface area (Å²) in [6.07, 6.45) is 2.38. The van der Waals surface area contributed by atoms with Crippen LogP contribution in [0.15, 0.2) is 18.2 Å². The number of nitrogens with two attached hydrogens (primary N) is 1. The molecular weight excluding hydrogens is 266 g/mol. The molecule has 21 heavy (non-hydrogen) atoms. The predicted octanol–water partition coefficient (Wildman–Crippen LogP) is 2.05. The number of hydrogen-bond acceptors (Lipinski definition) is 5. The molecule has 6 nitrogen and oxygen atoms in total. The number of nitrogens with zero attached hydrogens (tertiary/aromatic N) is 4. The van der Waals surface area contributed by atoms with E-state index >= 15 is 0 Å². The van der Waals surface area contributed by atoms with Gasteiger partial charge < -0.3 is 10.5 Å². The predicted molar refractivity (Wildman–Crippen MR) is 80.5 cm³/mol. The van der Waals surface area contributed by atoms with E-state index < -0.39 is 0 Å². The van der Waals surface area contributed by atoms with Gasteiger partial charge in [0.25, 0.3) is 0 Å². The Morgan fingerprint density at radius 2 is 2.29 bits per heavy atom. The normalized spacial score (nSPS) is 21.8. The SMILES string of the molecule is CCC1OCCC1Cn1nnnc1-c1cccc(C)c1N. The summed E-state index contributed by atoms with van der Waals surface area (Å²) >= 11 is 0. The molecule has 112 valence electrons. The molecule has 0 spiro atoms. The number of benzene rings is 1. The summed E-state index contributed by atoms with van der Waals surface area (Å²) in [6, 6.07) is 5.94. The van der Waals surface area contributed by atoms with Crippen LogP contribution in [0.25, 0.3) is 11.4 Å². The highest BCUT2D eigenvalue weighted by atomic mass is 16.5. The molecule has 0 aliphatic carbocycles. The minimum absolute atomic E-state index is 0.303. The lowest BCUT2D eigenvalue weighted by molar-refractivity contribution is 0.0825. The van der Waals surface area contributed by atoms with Gasteiger partial charge in [0.15, 0.2) is 5.82 Å². The van der Waals surface area contributed by atoms with Crippen LogP contribution in [0.5, 0.6) is 0 Å². The molecule has 2 aromatic rings. The summed E-state index contributed by atoms with van der Waals surface area (Å²) in [6.45, 7) is 5.74. The van der Waals surface area contributed by atoms with E-state index in [-0.39, 0.29) is 0 Å². The van der Waals surface area contributed by atoms with Gasteiger partial charge in [0, 0.05) is 23.8 Å². The minimum Gasteiger partial charge on any atom is -0.398 e. The number of anilines is 1. The van der Waals surface area contributed by atoms with Gasteiger partial charge in [-0.05, 0) is 41.8 Å². The zero-order valence-electron chi connectivity index (χ0n) is 12.5. The first kappa shape index (κ1) is 14.0. The standard InChI is InChI=1S/C15H21N5O/c1-3-13-11(7-8-21-13)9-20-15(17-18-19-20)12-6-4-5-10(2)14(12)16/h4-6,11,13H,3,7-9,16H2,1-2H3. The molecule has 1 aliphatic rings. The lowest BCUT2D eigenvalue weighted by atomic mass is 9.99. The number of nitrogen functional groups attached to an aromatic ring is 1. The molecule has 6 heteroatoms. The second-order valence-corrected chi connectivity index (χ2v) is 5.59. The summed E-state index contributed by atoms with van der Waals surface area (Å²) < 4.78 is 7.60. The third-order valence-corrected chi connectivity index (χ3v) is 4.25. The van der Waals surface area contributed by atoms with Crippen molar-refractivity contribution < 1.29 is 4.74 Å². The molecule has 1 aromatic heterocycles. The molecule has 0 radical (unpaired) electrons. The van der Waals surface area contributed by atoms with Crippen LogP contribution in [0.3, 0.4) is 0 Å². The maximum Gasteiger partial charge on any atom is 0.184 e. The fraction of sp³-hybridized carbons (Fsp3) is 0.533. The Hall–Kier alpha value is -1.95. The molecule has 0 bridgehead atoms. The van der Waals surface area contributed by atoms with Gasteiger partial charge in [0.05, 0.1) is 12.6 Å². The van der Waals surface area contributed by atoms with Gasteiger partial charge in [-0.25, -0.2) is 4.68 Å². The van der Waals surface area contributed by atoms with Gasteiger partial charge in [0.1, 0.15) is 0 Å². The van der Waals surface area contributed by atoms with Crippen molar-refractivity contribution in [3.8, 4) is 11.4 Å². The van der Waals surface area contributed by atoms with Crippen molar-refractivity contribution >= 4 is 5.69 Å². The van der Waals surface area contributed by atoms with Crippen LogP contribution in [0.4, 0.5) is 5.69 Å². The monoisotopic (exact) mass is 287 g/mol. The maximum atomic E-state index is 6.17. The Morgan fingerprint density at radius 3 is 3.10 bits per heavy atom. The number of para-hydroxylation sites is 1. The Labute approximate surface area is 124 Å². The van der Waals surface area contributed by atoms with E-state index in [1.807, 2.05) is 29.8 Å². The molecule has 2 N–H and O–H groups in total. The molecule has 1 aliphatic heterocycles. The number of rotatable bonds is 4. The van der Waals surface area contributed by atoms with E-state index in [1.54, 1.807) is 0 Å². The van der Waals surface area contributed by atoms with Crippen LogP contribution in [-0.2, 0) is 11.3 Å². The number of aryl methyl sites for hydroxylation is 1. The molecule has 2 unspecified atom stereocenters. The Bertz CT molecular complexity index is 624. The van der Waals surface area contributed by atoms with Crippen molar-refractivity contribution in [3.05, 3.63) is 23.8 Å². The number of hydrogen-bond donors (Lipinski definition) is 1. The molecule has 2 atom stereocenters. The van der Waals surface area contributed by atoms with E-state index in [0.717, 1.165) is 48.6 Å². The average Bonchev–Trinajstić information content (AvgIpc) is 3.11. The molecule has 1 aromatic carbocycles. The fourth-order valence-electron chi connectivity index (χ4n) is 2.97. The van der Waals surface area contributed by atoms with Crippen molar-refractivity contribution in [1.29, 1.82) is 0 Å². The topological polar surface area (TPSA) is 78.8 Å². The summed E-state index contributed by atoms with van der Waals surface area (Å²) in [4.78, 5) is 0. The Morgan fingerprint density at radius 1 is 1.43 bits per heavy atom. The highest BCUT2D eigenvalue weighted by Gasteiger charge is 2.28. The second-order valence-electron chi connectivity index (χ2n) is 5.59. The summed E-state index contributed by atoms with van der Waals surface area (Å²) in [5.74, 6) is 1.20. The van der Waals surface area contributed by atoms with Crippen LogP contribution < -0.4 is 5.73 Å². The third kappa shape index (κ3) is 2.63. The lowest BCUT2D eigenvalue weighted by Crippen LogP contribution is -2.21. The lowest BCUT2D eigenvalue weighted by Gasteiger charge is -2.17. The zero-order chi connectivity index (χ0) is 14.8. The Kier molecular flexibility index (Phi) is 3.88. The largest absolute Gasteiger partial charge is 0.398 e. The smallest absolute Gasteiger partial charge is 0.184 e. The van der Waals surface area contributed by atoms with Crippen LogP contribution in [0.2, 0.25) is 0 Å². The minimum atomic E-state index is 0.303. The summed E-state index contributed by atoms with van der Waals surface area (Å²) in [7, 11) is 0. The molecule has 2 heterocycles. The molecule has 1 fully saturated rings. The quantitative estimate of drug-likeness (QED) is 0.871. The first-order chi connectivity index (χ1) is 10.2. The van der Waals surface area contributed by atoms with E-state index in [2.05, 4.69) is 22.4 Å². The molecular formula is C15H21N5O. The molecule has 0 amide bonds. The van der Waals surface area contributed by atoms with Gasteiger partial charge in [-0.1, -0.05) is 19.1 Å². The van der Waals surface area contributed by atoms with Gasteiger partial charge in [-0.3, -0.25) is 0 Å². The van der Waals surface area contributed by atoms with E-state index in [9.17, 15) is 0 Å². The van der Waals surface area contributed by atoms with E-state index in [1.165, 1.54) is 0 Å². The van der Waals surface area contributed by atoms with Crippen molar-refractivity contribution in [1.82, 2.24) is 20.2 Å². The fourth-order valence-corrected chi connectivity index (χ4v) is 2.97. The summed E-state index contributed by atoms with van der Waals surface area (Å²) in [5.41, 5.74) is 8.84. The van der Waals surface area contributed by atoms with Crippen LogP contribution in [-0.4, -0.2) is 32.9 Å². The van der Waals surface area contributed by atoms with Crippen molar-refractivity contribution in [2.45, 2.75) is 39.3 Å². The zero-order valence-corrected chi connectivity index (χ0v) is 12.5. The van der Waals surface area contributed by atoms with E-state index in [4.69, 9.17) is 10.5 Å². The van der Waals surface area contributed by atoms with Crippen molar-refractivity contribution in [2.24, 2.45) is 5.92 Å². The molecule has 0 saturated carbocycles.